The molecule has 1 saturated carbocycles. The van der Waals surface area contributed by atoms with Crippen LogP contribution in [-0.4, -0.2) is 5.97 Å². The lowest BCUT2D eigenvalue weighted by molar-refractivity contribution is -0.307. The van der Waals surface area contributed by atoms with Crippen LogP contribution in [0.25, 0.3) is 0 Å². The number of aliphatic carboxylic acids is 1. The van der Waals surface area contributed by atoms with Gasteiger partial charge in [-0.1, -0.05) is 13.3 Å². The van der Waals surface area contributed by atoms with E-state index in [4.69, 9.17) is 0 Å². The second-order valence-electron chi connectivity index (χ2n) is 2.90. The summed E-state index contributed by atoms with van der Waals surface area (Å²) in [6.45, 7) is 2.04. The standard InChI is InChI=1S/C7H12O2/c1-2-7(3-4-7)5-6(8)9/h2-5H2,1H3,(H,8,9)/p-1. The topological polar surface area (TPSA) is 40.1 Å². The van der Waals surface area contributed by atoms with Gasteiger partial charge < -0.3 is 9.90 Å². The van der Waals surface area contributed by atoms with Crippen LogP contribution in [0.2, 0.25) is 0 Å². The summed E-state index contributed by atoms with van der Waals surface area (Å²) in [4.78, 5) is 10.1. The van der Waals surface area contributed by atoms with Gasteiger partial charge in [0.25, 0.3) is 0 Å². The third kappa shape index (κ3) is 1.44. The van der Waals surface area contributed by atoms with Gasteiger partial charge in [-0.05, 0) is 24.7 Å². The highest BCUT2D eigenvalue weighted by Crippen LogP contribution is 2.51. The molecule has 2 heteroatoms. The van der Waals surface area contributed by atoms with E-state index in [1.807, 2.05) is 6.92 Å². The Balaban J connectivity index is 2.33. The van der Waals surface area contributed by atoms with E-state index in [2.05, 4.69) is 0 Å². The van der Waals surface area contributed by atoms with Crippen LogP contribution in [0, 0.1) is 5.41 Å². The molecule has 0 bridgehead atoms. The highest BCUT2D eigenvalue weighted by Gasteiger charge is 2.40. The number of hydrogen-bond donors (Lipinski definition) is 0. The van der Waals surface area contributed by atoms with Crippen molar-refractivity contribution in [1.82, 2.24) is 0 Å². The van der Waals surface area contributed by atoms with Crippen molar-refractivity contribution in [2.24, 2.45) is 5.41 Å². The van der Waals surface area contributed by atoms with Crippen molar-refractivity contribution in [3.8, 4) is 0 Å². The summed E-state index contributed by atoms with van der Waals surface area (Å²) in [5.74, 6) is -0.894. The van der Waals surface area contributed by atoms with E-state index in [1.54, 1.807) is 0 Å². The molecular weight excluding hydrogens is 116 g/mol. The zero-order valence-electron chi connectivity index (χ0n) is 5.64. The van der Waals surface area contributed by atoms with Crippen molar-refractivity contribution < 1.29 is 9.90 Å². The van der Waals surface area contributed by atoms with Gasteiger partial charge in [-0.3, -0.25) is 0 Å². The smallest absolute Gasteiger partial charge is 0.0419 e. The Morgan fingerprint density at radius 3 is 2.33 bits per heavy atom. The Kier molecular flexibility index (Phi) is 1.47. The molecule has 1 fully saturated rings. The first-order valence-corrected chi connectivity index (χ1v) is 3.38. The summed E-state index contributed by atoms with van der Waals surface area (Å²) in [6.07, 6.45) is 3.42. The third-order valence-corrected chi connectivity index (χ3v) is 2.23. The summed E-state index contributed by atoms with van der Waals surface area (Å²) in [5.41, 5.74) is 0.152. The van der Waals surface area contributed by atoms with E-state index >= 15 is 0 Å². The van der Waals surface area contributed by atoms with E-state index in [1.165, 1.54) is 0 Å². The molecule has 0 saturated heterocycles. The fourth-order valence-electron chi connectivity index (χ4n) is 1.14. The highest BCUT2D eigenvalue weighted by molar-refractivity contribution is 5.65. The van der Waals surface area contributed by atoms with Crippen molar-refractivity contribution >= 4 is 5.97 Å². The maximum Gasteiger partial charge on any atom is 0.0419 e. The summed E-state index contributed by atoms with van der Waals surface area (Å²) < 4.78 is 0. The molecule has 0 spiro atoms. The van der Waals surface area contributed by atoms with Gasteiger partial charge in [0.15, 0.2) is 0 Å². The first-order valence-electron chi connectivity index (χ1n) is 3.38. The number of carbonyl (C=O) groups is 1. The molecule has 0 aromatic rings. The summed E-state index contributed by atoms with van der Waals surface area (Å²) in [6, 6.07) is 0. The van der Waals surface area contributed by atoms with Gasteiger partial charge in [0.1, 0.15) is 0 Å². The molecule has 0 radical (unpaired) electrons. The minimum atomic E-state index is -0.894. The average molecular weight is 127 g/mol. The molecule has 0 N–H and O–H groups in total. The fraction of sp³-hybridized carbons (Fsp3) is 0.857. The van der Waals surface area contributed by atoms with Crippen LogP contribution in [0.5, 0.6) is 0 Å². The lowest BCUT2D eigenvalue weighted by atomic mass is 10.00. The Bertz CT molecular complexity index is 125. The largest absolute Gasteiger partial charge is 0.550 e. The second-order valence-corrected chi connectivity index (χ2v) is 2.90. The fourth-order valence-corrected chi connectivity index (χ4v) is 1.14. The van der Waals surface area contributed by atoms with Crippen molar-refractivity contribution in [3.63, 3.8) is 0 Å². The molecular formula is C7H11O2-. The van der Waals surface area contributed by atoms with Gasteiger partial charge in [0.05, 0.1) is 0 Å². The van der Waals surface area contributed by atoms with Crippen LogP contribution in [0.3, 0.4) is 0 Å². The number of carboxylic acid groups (broad SMARTS) is 1. The van der Waals surface area contributed by atoms with Crippen LogP contribution >= 0.6 is 0 Å². The Morgan fingerprint density at radius 1 is 1.67 bits per heavy atom. The van der Waals surface area contributed by atoms with E-state index in [0.717, 1.165) is 19.3 Å². The minimum absolute atomic E-state index is 0.152. The van der Waals surface area contributed by atoms with Gasteiger partial charge in [-0.25, -0.2) is 0 Å². The van der Waals surface area contributed by atoms with Crippen molar-refractivity contribution in [2.45, 2.75) is 32.6 Å². The molecule has 0 unspecified atom stereocenters. The Morgan fingerprint density at radius 2 is 2.22 bits per heavy atom. The monoisotopic (exact) mass is 127 g/mol. The second kappa shape index (κ2) is 2.01. The zero-order valence-corrected chi connectivity index (χ0v) is 5.64. The molecule has 0 heterocycles. The van der Waals surface area contributed by atoms with E-state index in [9.17, 15) is 9.90 Å². The van der Waals surface area contributed by atoms with E-state index < -0.39 is 5.97 Å². The maximum atomic E-state index is 10.1. The Hall–Kier alpha value is -0.530. The molecule has 0 aromatic heterocycles. The van der Waals surface area contributed by atoms with Gasteiger partial charge in [0.2, 0.25) is 0 Å². The van der Waals surface area contributed by atoms with Gasteiger partial charge in [-0.15, -0.1) is 0 Å². The maximum absolute atomic E-state index is 10.1. The summed E-state index contributed by atoms with van der Waals surface area (Å²) >= 11 is 0. The van der Waals surface area contributed by atoms with Gasteiger partial charge in [-0.2, -0.15) is 0 Å². The minimum Gasteiger partial charge on any atom is -0.550 e. The van der Waals surface area contributed by atoms with Crippen molar-refractivity contribution in [2.75, 3.05) is 0 Å². The number of rotatable bonds is 3. The molecule has 0 atom stereocenters. The molecule has 1 aliphatic carbocycles. The van der Waals surface area contributed by atoms with Crippen molar-refractivity contribution in [1.29, 1.82) is 0 Å². The molecule has 1 rings (SSSR count). The average Bonchev–Trinajstić information content (AvgIpc) is 2.48. The predicted molar refractivity (Wildman–Crippen MR) is 31.6 cm³/mol. The quantitative estimate of drug-likeness (QED) is 0.547. The number of carboxylic acids is 1. The Labute approximate surface area is 54.9 Å². The SMILES string of the molecule is CCC1(CC(=O)[O-])CC1. The molecule has 0 amide bonds. The number of hydrogen-bond acceptors (Lipinski definition) is 2. The molecule has 0 aromatic carbocycles. The van der Waals surface area contributed by atoms with Crippen LogP contribution < -0.4 is 5.11 Å². The normalized spacial score (nSPS) is 21.4. The van der Waals surface area contributed by atoms with E-state index in [0.29, 0.717) is 0 Å². The third-order valence-electron chi connectivity index (χ3n) is 2.23. The first-order chi connectivity index (χ1) is 4.18. The molecule has 1 aliphatic rings. The van der Waals surface area contributed by atoms with Gasteiger partial charge >= 0.3 is 0 Å². The molecule has 2 nitrogen and oxygen atoms in total. The predicted octanol–water partition coefficient (Wildman–Crippen LogP) is 0.317. The van der Waals surface area contributed by atoms with Gasteiger partial charge in [0, 0.05) is 5.97 Å². The zero-order chi connectivity index (χ0) is 6.91. The molecule has 0 aliphatic heterocycles. The van der Waals surface area contributed by atoms with E-state index in [-0.39, 0.29) is 11.8 Å². The highest BCUT2D eigenvalue weighted by atomic mass is 16.4. The molecule has 52 valence electrons. The molecule has 9 heavy (non-hydrogen) atoms. The lowest BCUT2D eigenvalue weighted by Crippen LogP contribution is -2.25. The van der Waals surface area contributed by atoms with Crippen LogP contribution in [0.1, 0.15) is 32.6 Å². The lowest BCUT2D eigenvalue weighted by Gasteiger charge is -2.11. The first kappa shape index (κ1) is 6.59. The summed E-state index contributed by atoms with van der Waals surface area (Å²) in [7, 11) is 0. The van der Waals surface area contributed by atoms with Crippen LogP contribution in [0.15, 0.2) is 0 Å². The van der Waals surface area contributed by atoms with Crippen LogP contribution in [-0.2, 0) is 4.79 Å². The summed E-state index contributed by atoms with van der Waals surface area (Å²) in [5, 5.41) is 10.1. The van der Waals surface area contributed by atoms with Crippen molar-refractivity contribution in [3.05, 3.63) is 0 Å². The van der Waals surface area contributed by atoms with Crippen LogP contribution in [0.4, 0.5) is 0 Å². The number of carbonyl (C=O) groups excluding carboxylic acids is 1.